The first-order valence-electron chi connectivity index (χ1n) is 10.0. The Morgan fingerprint density at radius 3 is 2.78 bits per heavy atom. The van der Waals surface area contributed by atoms with Crippen LogP contribution in [0.2, 0.25) is 0 Å². The Morgan fingerprint density at radius 1 is 1.37 bits per heavy atom. The fourth-order valence-electron chi connectivity index (χ4n) is 3.47. The Morgan fingerprint density at radius 2 is 2.15 bits per heavy atom. The van der Waals surface area contributed by atoms with Gasteiger partial charge < -0.3 is 19.9 Å². The number of carbonyl (C=O) groups is 1. The van der Waals surface area contributed by atoms with Crippen molar-refractivity contribution < 1.29 is 9.53 Å². The van der Waals surface area contributed by atoms with Gasteiger partial charge in [0.1, 0.15) is 6.10 Å². The van der Waals surface area contributed by atoms with Crippen LogP contribution in [0.3, 0.4) is 0 Å². The Kier molecular flexibility index (Phi) is 7.46. The number of ether oxygens (including phenoxy) is 1. The molecular weight excluding hydrogens is 362 g/mol. The van der Waals surface area contributed by atoms with Crippen LogP contribution in [0, 0.1) is 6.92 Å². The maximum atomic E-state index is 12.5. The molecule has 7 nitrogen and oxygen atoms in total. The van der Waals surface area contributed by atoms with Gasteiger partial charge >= 0.3 is 0 Å². The number of aliphatic imine (C=N–C) groups is 1. The zero-order chi connectivity index (χ0) is 19.1. The van der Waals surface area contributed by atoms with Gasteiger partial charge in [0, 0.05) is 63.4 Å². The molecule has 0 bridgehead atoms. The van der Waals surface area contributed by atoms with Crippen molar-refractivity contribution in [2.24, 2.45) is 4.99 Å². The number of guanidine groups is 1. The van der Waals surface area contributed by atoms with Crippen molar-refractivity contribution in [3.8, 4) is 0 Å². The predicted molar refractivity (Wildman–Crippen MR) is 108 cm³/mol. The average Bonchev–Trinajstić information content (AvgIpc) is 3.36. The van der Waals surface area contributed by atoms with E-state index in [4.69, 9.17) is 9.73 Å². The normalized spacial score (nSPS) is 21.0. The minimum atomic E-state index is -0.215. The van der Waals surface area contributed by atoms with E-state index in [2.05, 4.69) is 27.5 Å². The molecule has 1 aromatic heterocycles. The molecule has 1 aromatic rings. The summed E-state index contributed by atoms with van der Waals surface area (Å²) in [6.07, 6.45) is 3.62. The number of aromatic nitrogens is 1. The topological polar surface area (TPSA) is 70.1 Å². The van der Waals surface area contributed by atoms with E-state index in [0.29, 0.717) is 6.61 Å². The van der Waals surface area contributed by atoms with Crippen molar-refractivity contribution in [3.63, 3.8) is 0 Å². The number of hydrogen-bond acceptors (Lipinski definition) is 5. The van der Waals surface area contributed by atoms with Crippen molar-refractivity contribution in [3.05, 3.63) is 16.1 Å². The zero-order valence-electron chi connectivity index (χ0n) is 16.4. The predicted octanol–water partition coefficient (Wildman–Crippen LogP) is 1.67. The van der Waals surface area contributed by atoms with Crippen LogP contribution in [0.4, 0.5) is 0 Å². The number of aryl methyl sites for hydroxylation is 2. The molecule has 1 unspecified atom stereocenters. The first kappa shape index (κ1) is 20.1. The summed E-state index contributed by atoms with van der Waals surface area (Å²) in [5.74, 6) is 1.12. The molecule has 3 rings (SSSR count). The smallest absolute Gasteiger partial charge is 0.251 e. The van der Waals surface area contributed by atoms with Gasteiger partial charge in [0.05, 0.1) is 5.01 Å². The van der Waals surface area contributed by atoms with Gasteiger partial charge in [0.25, 0.3) is 5.91 Å². The van der Waals surface area contributed by atoms with Crippen LogP contribution in [0.5, 0.6) is 0 Å². The number of nitrogens with zero attached hydrogens (tertiary/aromatic N) is 4. The lowest BCUT2D eigenvalue weighted by Gasteiger charge is -2.37. The highest BCUT2D eigenvalue weighted by molar-refractivity contribution is 7.09. The van der Waals surface area contributed by atoms with Gasteiger partial charge in [-0.1, -0.05) is 0 Å². The molecule has 1 amide bonds. The van der Waals surface area contributed by atoms with Gasteiger partial charge in [-0.3, -0.25) is 9.79 Å². The zero-order valence-corrected chi connectivity index (χ0v) is 17.3. The van der Waals surface area contributed by atoms with Crippen molar-refractivity contribution >= 4 is 23.2 Å². The van der Waals surface area contributed by atoms with E-state index >= 15 is 0 Å². The second-order valence-corrected chi connectivity index (χ2v) is 7.98. The molecule has 0 aliphatic carbocycles. The summed E-state index contributed by atoms with van der Waals surface area (Å²) >= 11 is 1.73. The first-order valence-corrected chi connectivity index (χ1v) is 10.9. The molecule has 0 saturated carbocycles. The highest BCUT2D eigenvalue weighted by atomic mass is 32.1. The molecule has 3 heterocycles. The molecule has 2 fully saturated rings. The van der Waals surface area contributed by atoms with Gasteiger partial charge in [0.2, 0.25) is 0 Å². The van der Waals surface area contributed by atoms with Crippen LogP contribution in [0.15, 0.2) is 10.4 Å². The SMILES string of the molecule is CCNC(=NCCCc1nc(C)cs1)N1CCN(C(=O)C2CCCO2)CC1. The Labute approximate surface area is 165 Å². The van der Waals surface area contributed by atoms with Crippen LogP contribution in [-0.2, 0) is 16.0 Å². The maximum Gasteiger partial charge on any atom is 0.251 e. The standard InChI is InChI=1S/C19H31N5O2S/c1-3-20-19(21-8-4-7-17-22-15(2)14-27-17)24-11-9-23(10-12-24)18(25)16-6-5-13-26-16/h14,16H,3-13H2,1-2H3,(H,20,21). The van der Waals surface area contributed by atoms with Gasteiger partial charge in [-0.05, 0) is 33.1 Å². The highest BCUT2D eigenvalue weighted by Gasteiger charge is 2.30. The summed E-state index contributed by atoms with van der Waals surface area (Å²) in [6, 6.07) is 0. The molecule has 0 radical (unpaired) electrons. The summed E-state index contributed by atoms with van der Waals surface area (Å²) in [4.78, 5) is 26.0. The average molecular weight is 394 g/mol. The fraction of sp³-hybridized carbons (Fsp3) is 0.737. The number of carbonyl (C=O) groups excluding carboxylic acids is 1. The Hall–Kier alpha value is -1.67. The second kappa shape index (κ2) is 10.0. The monoisotopic (exact) mass is 393 g/mol. The van der Waals surface area contributed by atoms with Crippen molar-refractivity contribution in [1.82, 2.24) is 20.1 Å². The summed E-state index contributed by atoms with van der Waals surface area (Å²) in [7, 11) is 0. The molecule has 1 atom stereocenters. The fourth-order valence-corrected chi connectivity index (χ4v) is 4.29. The largest absolute Gasteiger partial charge is 0.368 e. The number of amides is 1. The van der Waals surface area contributed by atoms with Crippen molar-refractivity contribution in [1.29, 1.82) is 0 Å². The van der Waals surface area contributed by atoms with Crippen LogP contribution in [-0.4, -0.2) is 78.6 Å². The number of rotatable bonds is 6. The van der Waals surface area contributed by atoms with Crippen LogP contribution in [0.1, 0.15) is 36.9 Å². The van der Waals surface area contributed by atoms with Crippen molar-refractivity contribution in [2.45, 2.75) is 45.6 Å². The minimum absolute atomic E-state index is 0.160. The summed E-state index contributed by atoms with van der Waals surface area (Å²) < 4.78 is 5.54. The van der Waals surface area contributed by atoms with Gasteiger partial charge in [-0.15, -0.1) is 11.3 Å². The van der Waals surface area contributed by atoms with E-state index in [-0.39, 0.29) is 12.0 Å². The quantitative estimate of drug-likeness (QED) is 0.452. The van der Waals surface area contributed by atoms with E-state index in [1.807, 2.05) is 11.8 Å². The molecule has 150 valence electrons. The molecule has 2 aliphatic heterocycles. The maximum absolute atomic E-state index is 12.5. The van der Waals surface area contributed by atoms with Crippen LogP contribution >= 0.6 is 11.3 Å². The van der Waals surface area contributed by atoms with Gasteiger partial charge in [0.15, 0.2) is 5.96 Å². The molecule has 2 saturated heterocycles. The third-order valence-electron chi connectivity index (χ3n) is 4.91. The van der Waals surface area contributed by atoms with E-state index in [0.717, 1.165) is 76.6 Å². The molecule has 27 heavy (non-hydrogen) atoms. The van der Waals surface area contributed by atoms with Crippen molar-refractivity contribution in [2.75, 3.05) is 45.9 Å². The lowest BCUT2D eigenvalue weighted by molar-refractivity contribution is -0.142. The third-order valence-corrected chi connectivity index (χ3v) is 5.93. The molecule has 0 spiro atoms. The van der Waals surface area contributed by atoms with E-state index in [1.165, 1.54) is 5.01 Å². The van der Waals surface area contributed by atoms with Gasteiger partial charge in [-0.2, -0.15) is 0 Å². The Balaban J connectivity index is 1.46. The summed E-state index contributed by atoms with van der Waals surface area (Å²) in [5, 5.41) is 6.68. The summed E-state index contributed by atoms with van der Waals surface area (Å²) in [6.45, 7) is 9.58. The highest BCUT2D eigenvalue weighted by Crippen LogP contribution is 2.16. The van der Waals surface area contributed by atoms with Gasteiger partial charge in [-0.25, -0.2) is 4.98 Å². The number of thiazole rings is 1. The van der Waals surface area contributed by atoms with Crippen LogP contribution in [0.25, 0.3) is 0 Å². The lowest BCUT2D eigenvalue weighted by atomic mass is 10.2. The Bertz CT molecular complexity index is 634. The molecule has 8 heteroatoms. The third kappa shape index (κ3) is 5.65. The summed E-state index contributed by atoms with van der Waals surface area (Å²) in [5.41, 5.74) is 1.10. The molecule has 2 aliphatic rings. The van der Waals surface area contributed by atoms with Crippen LogP contribution < -0.4 is 5.32 Å². The van der Waals surface area contributed by atoms with E-state index in [1.54, 1.807) is 11.3 Å². The number of piperazine rings is 1. The minimum Gasteiger partial charge on any atom is -0.368 e. The number of nitrogens with one attached hydrogen (secondary N) is 1. The molecular formula is C19H31N5O2S. The van der Waals surface area contributed by atoms with E-state index in [9.17, 15) is 4.79 Å². The molecule has 0 aromatic carbocycles. The van der Waals surface area contributed by atoms with E-state index < -0.39 is 0 Å². The lowest BCUT2D eigenvalue weighted by Crippen LogP contribution is -2.55. The molecule has 1 N–H and O–H groups in total. The second-order valence-electron chi connectivity index (χ2n) is 7.04. The first-order chi connectivity index (χ1) is 13.2. The number of hydrogen-bond donors (Lipinski definition) is 1.